The summed E-state index contributed by atoms with van der Waals surface area (Å²) < 4.78 is 33.5. The van der Waals surface area contributed by atoms with Gasteiger partial charge in [0.25, 0.3) is 15.9 Å². The number of aryl methyl sites for hydroxylation is 3. The highest BCUT2D eigenvalue weighted by Crippen LogP contribution is 2.22. The van der Waals surface area contributed by atoms with Crippen LogP contribution in [0.4, 0.5) is 11.4 Å². The van der Waals surface area contributed by atoms with Gasteiger partial charge in [0.2, 0.25) is 0 Å². The number of amides is 1. The number of ether oxygens (including phenoxy) is 1. The Labute approximate surface area is 183 Å². The maximum Gasteiger partial charge on any atom is 0.265 e. The molecule has 7 heteroatoms. The average molecular weight is 439 g/mol. The van der Waals surface area contributed by atoms with Crippen molar-refractivity contribution in [2.75, 3.05) is 10.0 Å². The lowest BCUT2D eigenvalue weighted by Crippen LogP contribution is -2.30. The number of benzene rings is 3. The number of anilines is 2. The summed E-state index contributed by atoms with van der Waals surface area (Å²) in [5.41, 5.74) is 4.00. The van der Waals surface area contributed by atoms with E-state index in [1.807, 2.05) is 51.1 Å². The van der Waals surface area contributed by atoms with E-state index in [1.165, 1.54) is 12.1 Å². The number of hydrogen-bond acceptors (Lipinski definition) is 4. The van der Waals surface area contributed by atoms with Crippen LogP contribution in [0.15, 0.2) is 71.6 Å². The van der Waals surface area contributed by atoms with Crippen molar-refractivity contribution in [3.8, 4) is 5.75 Å². The van der Waals surface area contributed by atoms with Gasteiger partial charge in [0.1, 0.15) is 5.75 Å². The summed E-state index contributed by atoms with van der Waals surface area (Å²) in [6.45, 7) is 7.48. The molecule has 3 rings (SSSR count). The van der Waals surface area contributed by atoms with Crippen molar-refractivity contribution in [1.29, 1.82) is 0 Å². The highest BCUT2D eigenvalue weighted by Gasteiger charge is 2.18. The quantitative estimate of drug-likeness (QED) is 0.554. The predicted octanol–water partition coefficient (Wildman–Crippen LogP) is 4.82. The molecule has 162 valence electrons. The smallest absolute Gasteiger partial charge is 0.265 e. The molecule has 0 fully saturated rings. The maximum absolute atomic E-state index is 12.6. The van der Waals surface area contributed by atoms with Crippen LogP contribution in [0.2, 0.25) is 0 Å². The molecule has 0 aliphatic heterocycles. The van der Waals surface area contributed by atoms with Crippen molar-refractivity contribution < 1.29 is 17.9 Å². The fourth-order valence-electron chi connectivity index (χ4n) is 2.88. The minimum absolute atomic E-state index is 0.103. The second-order valence-corrected chi connectivity index (χ2v) is 9.20. The molecule has 1 amide bonds. The molecule has 0 bridgehead atoms. The number of carbonyl (C=O) groups is 1. The third-order valence-corrected chi connectivity index (χ3v) is 6.15. The Morgan fingerprint density at radius 1 is 0.839 bits per heavy atom. The van der Waals surface area contributed by atoms with Crippen molar-refractivity contribution in [3.63, 3.8) is 0 Å². The average Bonchev–Trinajstić information content (AvgIpc) is 2.72. The lowest BCUT2D eigenvalue weighted by Gasteiger charge is -2.17. The third-order valence-electron chi connectivity index (χ3n) is 4.75. The summed E-state index contributed by atoms with van der Waals surface area (Å²) >= 11 is 0. The Morgan fingerprint density at radius 2 is 1.42 bits per heavy atom. The van der Waals surface area contributed by atoms with Crippen molar-refractivity contribution in [3.05, 3.63) is 83.4 Å². The standard InChI is InChI=1S/C24H26N2O4S/c1-16-6-9-21(10-7-16)26-31(28,29)22-13-11-20(12-14-22)25-24(27)19(4)30-23-15-17(2)5-8-18(23)3/h5-15,19,26H,1-4H3,(H,25,27). The summed E-state index contributed by atoms with van der Waals surface area (Å²) in [5.74, 6) is 0.334. The van der Waals surface area contributed by atoms with E-state index >= 15 is 0 Å². The van der Waals surface area contributed by atoms with E-state index < -0.39 is 16.1 Å². The maximum atomic E-state index is 12.6. The van der Waals surface area contributed by atoms with Crippen LogP contribution in [0.25, 0.3) is 0 Å². The van der Waals surface area contributed by atoms with E-state index in [0.29, 0.717) is 17.1 Å². The topological polar surface area (TPSA) is 84.5 Å². The Bertz CT molecular complexity index is 1170. The molecular weight excluding hydrogens is 412 g/mol. The van der Waals surface area contributed by atoms with Crippen molar-refractivity contribution in [2.24, 2.45) is 0 Å². The van der Waals surface area contributed by atoms with Crippen LogP contribution in [0.1, 0.15) is 23.6 Å². The van der Waals surface area contributed by atoms with Gasteiger partial charge in [-0.15, -0.1) is 0 Å². The Hall–Kier alpha value is -3.32. The molecule has 0 aliphatic rings. The highest BCUT2D eigenvalue weighted by atomic mass is 32.2. The SMILES string of the molecule is Cc1ccc(NS(=O)(=O)c2ccc(NC(=O)C(C)Oc3cc(C)ccc3C)cc2)cc1. The third kappa shape index (κ3) is 5.86. The molecule has 1 atom stereocenters. The summed E-state index contributed by atoms with van der Waals surface area (Å²) in [5, 5.41) is 2.75. The molecule has 6 nitrogen and oxygen atoms in total. The molecule has 0 saturated carbocycles. The molecule has 2 N–H and O–H groups in total. The minimum Gasteiger partial charge on any atom is -0.481 e. The molecular formula is C24H26N2O4S. The van der Waals surface area contributed by atoms with Gasteiger partial charge < -0.3 is 10.1 Å². The molecule has 31 heavy (non-hydrogen) atoms. The molecule has 0 aromatic heterocycles. The van der Waals surface area contributed by atoms with E-state index in [0.717, 1.165) is 16.7 Å². The lowest BCUT2D eigenvalue weighted by atomic mass is 10.1. The van der Waals surface area contributed by atoms with E-state index in [4.69, 9.17) is 4.74 Å². The first-order valence-electron chi connectivity index (χ1n) is 9.88. The van der Waals surface area contributed by atoms with Crippen LogP contribution in [0, 0.1) is 20.8 Å². The lowest BCUT2D eigenvalue weighted by molar-refractivity contribution is -0.122. The van der Waals surface area contributed by atoms with Gasteiger partial charge in [0.05, 0.1) is 4.90 Å². The van der Waals surface area contributed by atoms with Gasteiger partial charge in [-0.1, -0.05) is 29.8 Å². The first-order valence-corrected chi connectivity index (χ1v) is 11.4. The normalized spacial score (nSPS) is 12.1. The van der Waals surface area contributed by atoms with Crippen LogP contribution in [-0.2, 0) is 14.8 Å². The summed E-state index contributed by atoms with van der Waals surface area (Å²) in [6.07, 6.45) is -0.716. The summed E-state index contributed by atoms with van der Waals surface area (Å²) in [4.78, 5) is 12.6. The van der Waals surface area contributed by atoms with E-state index in [9.17, 15) is 13.2 Å². The van der Waals surface area contributed by atoms with Gasteiger partial charge >= 0.3 is 0 Å². The Kier molecular flexibility index (Phi) is 6.65. The van der Waals surface area contributed by atoms with Crippen LogP contribution in [0.3, 0.4) is 0 Å². The van der Waals surface area contributed by atoms with Gasteiger partial charge in [-0.2, -0.15) is 0 Å². The van der Waals surface area contributed by atoms with Crippen molar-refractivity contribution in [1.82, 2.24) is 0 Å². The largest absolute Gasteiger partial charge is 0.481 e. The fourth-order valence-corrected chi connectivity index (χ4v) is 3.93. The van der Waals surface area contributed by atoms with E-state index in [-0.39, 0.29) is 10.8 Å². The molecule has 3 aromatic rings. The minimum atomic E-state index is -3.72. The van der Waals surface area contributed by atoms with Crippen LogP contribution in [-0.4, -0.2) is 20.4 Å². The zero-order valence-electron chi connectivity index (χ0n) is 18.0. The molecule has 0 heterocycles. The monoisotopic (exact) mass is 438 g/mol. The van der Waals surface area contributed by atoms with Gasteiger partial charge in [0.15, 0.2) is 6.10 Å². The van der Waals surface area contributed by atoms with E-state index in [1.54, 1.807) is 31.2 Å². The van der Waals surface area contributed by atoms with Crippen molar-refractivity contribution >= 4 is 27.3 Å². The second-order valence-electron chi connectivity index (χ2n) is 7.51. The van der Waals surface area contributed by atoms with Crippen LogP contribution < -0.4 is 14.8 Å². The molecule has 1 unspecified atom stereocenters. The van der Waals surface area contributed by atoms with E-state index in [2.05, 4.69) is 10.0 Å². The number of nitrogens with one attached hydrogen (secondary N) is 2. The summed E-state index contributed by atoms with van der Waals surface area (Å²) in [6, 6.07) is 18.9. The molecule has 0 saturated heterocycles. The predicted molar refractivity (Wildman–Crippen MR) is 123 cm³/mol. The molecule has 0 aliphatic carbocycles. The van der Waals surface area contributed by atoms with Gasteiger partial charge in [0, 0.05) is 11.4 Å². The molecule has 0 spiro atoms. The second kappa shape index (κ2) is 9.22. The Balaban J connectivity index is 1.64. The van der Waals surface area contributed by atoms with Crippen molar-refractivity contribution in [2.45, 2.75) is 38.7 Å². The summed E-state index contributed by atoms with van der Waals surface area (Å²) in [7, 11) is -3.72. The van der Waals surface area contributed by atoms with Gasteiger partial charge in [-0.25, -0.2) is 8.42 Å². The molecule has 0 radical (unpaired) electrons. The van der Waals surface area contributed by atoms with Gasteiger partial charge in [-0.05, 0) is 81.3 Å². The van der Waals surface area contributed by atoms with Gasteiger partial charge in [-0.3, -0.25) is 9.52 Å². The zero-order chi connectivity index (χ0) is 22.6. The fraction of sp³-hybridized carbons (Fsp3) is 0.208. The first kappa shape index (κ1) is 22.4. The number of hydrogen-bond donors (Lipinski definition) is 2. The molecule has 3 aromatic carbocycles. The van der Waals surface area contributed by atoms with Crippen LogP contribution >= 0.6 is 0 Å². The Morgan fingerprint density at radius 3 is 2.06 bits per heavy atom. The number of rotatable bonds is 7. The highest BCUT2D eigenvalue weighted by molar-refractivity contribution is 7.92. The first-order chi connectivity index (χ1) is 14.6. The van der Waals surface area contributed by atoms with Crippen LogP contribution in [0.5, 0.6) is 5.75 Å². The number of carbonyl (C=O) groups excluding carboxylic acids is 1. The number of sulfonamides is 1. The zero-order valence-corrected chi connectivity index (χ0v) is 18.8.